The Labute approximate surface area is 164 Å². The molecule has 0 aliphatic carbocycles. The summed E-state index contributed by atoms with van der Waals surface area (Å²) >= 11 is 6.01. The number of nitrogens with one attached hydrogen (secondary N) is 2. The molecule has 1 atom stereocenters. The lowest BCUT2D eigenvalue weighted by Crippen LogP contribution is -2.43. The van der Waals surface area contributed by atoms with Crippen LogP contribution in [0.4, 0.5) is 13.6 Å². The van der Waals surface area contributed by atoms with Gasteiger partial charge in [0.2, 0.25) is 5.91 Å². The highest BCUT2D eigenvalue weighted by Gasteiger charge is 2.50. The van der Waals surface area contributed by atoms with Gasteiger partial charge in [-0.15, -0.1) is 0 Å². The van der Waals surface area contributed by atoms with Crippen LogP contribution in [0.25, 0.3) is 0 Å². The number of hydrogen-bond donors (Lipinski definition) is 2. The highest BCUT2D eigenvalue weighted by atomic mass is 35.5. The third-order valence-corrected chi connectivity index (χ3v) is 4.85. The lowest BCUT2D eigenvalue weighted by atomic mass is 9.91. The molecule has 4 amide bonds. The fourth-order valence-electron chi connectivity index (χ4n) is 2.94. The Morgan fingerprint density at radius 2 is 1.93 bits per heavy atom. The van der Waals surface area contributed by atoms with Crippen molar-refractivity contribution in [3.05, 3.63) is 70.2 Å². The Balaban J connectivity index is 1.72. The van der Waals surface area contributed by atoms with Gasteiger partial charge in [-0.2, -0.15) is 0 Å². The van der Waals surface area contributed by atoms with Crippen molar-refractivity contribution < 1.29 is 23.2 Å². The van der Waals surface area contributed by atoms with Crippen LogP contribution in [0.5, 0.6) is 0 Å². The molecule has 146 valence electrons. The van der Waals surface area contributed by atoms with Crippen molar-refractivity contribution in [1.29, 1.82) is 0 Å². The monoisotopic (exact) mass is 407 g/mol. The van der Waals surface area contributed by atoms with Gasteiger partial charge in [0, 0.05) is 17.1 Å². The van der Waals surface area contributed by atoms with Crippen molar-refractivity contribution in [3.63, 3.8) is 0 Å². The zero-order chi connectivity index (χ0) is 20.5. The minimum Gasteiger partial charge on any atom is -0.350 e. The zero-order valence-electron chi connectivity index (χ0n) is 14.8. The van der Waals surface area contributed by atoms with E-state index < -0.39 is 41.6 Å². The summed E-state index contributed by atoms with van der Waals surface area (Å²) in [7, 11) is 0. The summed E-state index contributed by atoms with van der Waals surface area (Å²) in [5.41, 5.74) is -1.46. The average molecular weight is 408 g/mol. The molecular weight excluding hydrogens is 392 g/mol. The number of nitrogens with zero attached hydrogens (tertiary/aromatic N) is 1. The molecule has 0 bridgehead atoms. The molecular formula is C19H16ClF2N3O3. The highest BCUT2D eigenvalue weighted by molar-refractivity contribution is 6.31. The van der Waals surface area contributed by atoms with E-state index in [1.54, 1.807) is 24.3 Å². The summed E-state index contributed by atoms with van der Waals surface area (Å²) in [6.45, 7) is 0.798. The third kappa shape index (κ3) is 3.68. The van der Waals surface area contributed by atoms with Gasteiger partial charge in [-0.3, -0.25) is 14.5 Å². The molecule has 0 aromatic heterocycles. The minimum atomic E-state index is -1.81. The van der Waals surface area contributed by atoms with Gasteiger partial charge in [0.05, 0.1) is 0 Å². The van der Waals surface area contributed by atoms with Crippen LogP contribution >= 0.6 is 11.6 Å². The predicted octanol–water partition coefficient (Wildman–Crippen LogP) is 2.70. The van der Waals surface area contributed by atoms with Crippen molar-refractivity contribution in [1.82, 2.24) is 15.5 Å². The Morgan fingerprint density at radius 1 is 1.21 bits per heavy atom. The lowest BCUT2D eigenvalue weighted by molar-refractivity contribution is -0.134. The van der Waals surface area contributed by atoms with E-state index >= 15 is 0 Å². The summed E-state index contributed by atoms with van der Waals surface area (Å²) in [6, 6.07) is 8.63. The number of carbonyl (C=O) groups excluding carboxylic acids is 3. The molecule has 2 aromatic rings. The van der Waals surface area contributed by atoms with Gasteiger partial charge in [0.15, 0.2) is 0 Å². The van der Waals surface area contributed by atoms with Gasteiger partial charge in [-0.25, -0.2) is 13.6 Å². The largest absolute Gasteiger partial charge is 0.350 e. The Morgan fingerprint density at radius 3 is 2.64 bits per heavy atom. The second-order valence-corrected chi connectivity index (χ2v) is 6.85. The summed E-state index contributed by atoms with van der Waals surface area (Å²) in [5.74, 6) is -3.06. The maximum atomic E-state index is 14.1. The number of rotatable bonds is 5. The Hall–Kier alpha value is -3.00. The predicted molar refractivity (Wildman–Crippen MR) is 97.3 cm³/mol. The van der Waals surface area contributed by atoms with E-state index in [9.17, 15) is 23.2 Å². The summed E-state index contributed by atoms with van der Waals surface area (Å²) in [6.07, 6.45) is 0. The van der Waals surface area contributed by atoms with E-state index in [4.69, 9.17) is 11.6 Å². The normalized spacial score (nSPS) is 18.9. The second-order valence-electron chi connectivity index (χ2n) is 6.44. The standard InChI is InChI=1S/C19H16ClF2N3O3/c1-19(13-8-12(21)6-7-15(13)22)17(27)25(18(28)24-19)10-16(26)23-9-11-4-2-3-5-14(11)20/h2-8H,9-10H2,1H3,(H,23,26)(H,24,28)/t19-/m0/s1. The number of benzene rings is 2. The van der Waals surface area contributed by atoms with E-state index in [1.807, 2.05) is 0 Å². The maximum Gasteiger partial charge on any atom is 0.325 e. The topological polar surface area (TPSA) is 78.5 Å². The first-order chi connectivity index (χ1) is 13.2. The highest BCUT2D eigenvalue weighted by Crippen LogP contribution is 2.31. The molecule has 2 aromatic carbocycles. The quantitative estimate of drug-likeness (QED) is 0.748. The summed E-state index contributed by atoms with van der Waals surface area (Å²) < 4.78 is 27.6. The molecule has 1 saturated heterocycles. The first-order valence-corrected chi connectivity index (χ1v) is 8.70. The Bertz CT molecular complexity index is 969. The number of carbonyl (C=O) groups is 3. The van der Waals surface area contributed by atoms with Crippen LogP contribution in [0, 0.1) is 11.6 Å². The summed E-state index contributed by atoms with van der Waals surface area (Å²) in [5, 5.41) is 5.36. The number of imide groups is 1. The molecule has 0 unspecified atom stereocenters. The van der Waals surface area contributed by atoms with Crippen molar-refractivity contribution in [3.8, 4) is 0 Å². The molecule has 0 spiro atoms. The molecule has 28 heavy (non-hydrogen) atoms. The van der Waals surface area contributed by atoms with Crippen LogP contribution in [0.3, 0.4) is 0 Å². The van der Waals surface area contributed by atoms with E-state index in [2.05, 4.69) is 10.6 Å². The molecule has 2 N–H and O–H groups in total. The van der Waals surface area contributed by atoms with E-state index in [0.29, 0.717) is 15.5 Å². The van der Waals surface area contributed by atoms with E-state index in [-0.39, 0.29) is 12.1 Å². The first-order valence-electron chi connectivity index (χ1n) is 8.32. The number of halogens is 3. The average Bonchev–Trinajstić information content (AvgIpc) is 2.87. The number of urea groups is 1. The number of amides is 4. The van der Waals surface area contributed by atoms with Crippen molar-refractivity contribution in [2.75, 3.05) is 6.54 Å². The van der Waals surface area contributed by atoms with Crippen LogP contribution in [0.2, 0.25) is 5.02 Å². The molecule has 1 aliphatic heterocycles. The molecule has 3 rings (SSSR count). The minimum absolute atomic E-state index is 0.109. The van der Waals surface area contributed by atoms with Crippen molar-refractivity contribution >= 4 is 29.4 Å². The van der Waals surface area contributed by atoms with Gasteiger partial charge in [-0.1, -0.05) is 29.8 Å². The van der Waals surface area contributed by atoms with Gasteiger partial charge in [0.25, 0.3) is 5.91 Å². The molecule has 1 fully saturated rings. The zero-order valence-corrected chi connectivity index (χ0v) is 15.5. The fraction of sp³-hybridized carbons (Fsp3) is 0.211. The van der Waals surface area contributed by atoms with Crippen LogP contribution in [-0.4, -0.2) is 29.3 Å². The smallest absolute Gasteiger partial charge is 0.325 e. The lowest BCUT2D eigenvalue weighted by Gasteiger charge is -2.22. The van der Waals surface area contributed by atoms with Crippen molar-refractivity contribution in [2.24, 2.45) is 0 Å². The third-order valence-electron chi connectivity index (χ3n) is 4.48. The van der Waals surface area contributed by atoms with Crippen LogP contribution in [-0.2, 0) is 21.7 Å². The van der Waals surface area contributed by atoms with Crippen molar-refractivity contribution in [2.45, 2.75) is 19.0 Å². The van der Waals surface area contributed by atoms with Crippen LogP contribution in [0.15, 0.2) is 42.5 Å². The number of hydrogen-bond acceptors (Lipinski definition) is 3. The molecule has 1 heterocycles. The van der Waals surface area contributed by atoms with Gasteiger partial charge in [-0.05, 0) is 36.8 Å². The SMILES string of the molecule is C[C@@]1(c2cc(F)ccc2F)NC(=O)N(CC(=O)NCc2ccccc2Cl)C1=O. The summed E-state index contributed by atoms with van der Waals surface area (Å²) in [4.78, 5) is 37.8. The van der Waals surface area contributed by atoms with Gasteiger partial charge in [0.1, 0.15) is 23.7 Å². The van der Waals surface area contributed by atoms with E-state index in [0.717, 1.165) is 18.2 Å². The molecule has 6 nitrogen and oxygen atoms in total. The van der Waals surface area contributed by atoms with Crippen LogP contribution < -0.4 is 10.6 Å². The molecule has 0 saturated carbocycles. The van der Waals surface area contributed by atoms with Gasteiger partial charge < -0.3 is 10.6 Å². The fourth-order valence-corrected chi connectivity index (χ4v) is 3.14. The van der Waals surface area contributed by atoms with Gasteiger partial charge >= 0.3 is 6.03 Å². The molecule has 0 radical (unpaired) electrons. The van der Waals surface area contributed by atoms with Crippen LogP contribution in [0.1, 0.15) is 18.1 Å². The molecule has 1 aliphatic rings. The maximum absolute atomic E-state index is 14.1. The first kappa shape index (κ1) is 19.8. The van der Waals surface area contributed by atoms with E-state index in [1.165, 1.54) is 6.92 Å². The Kier molecular flexibility index (Phi) is 5.33. The second kappa shape index (κ2) is 7.55. The molecule has 9 heteroatoms.